The highest BCUT2D eigenvalue weighted by atomic mass is 16.3. The number of aliphatic hydroxyl groups excluding tert-OH is 1. The number of nitrogens with zero attached hydrogens (tertiary/aromatic N) is 3. The van der Waals surface area contributed by atoms with Crippen molar-refractivity contribution in [3.63, 3.8) is 0 Å². The van der Waals surface area contributed by atoms with Crippen LogP contribution in [0.15, 0.2) is 58.7 Å². The summed E-state index contributed by atoms with van der Waals surface area (Å²) in [4.78, 5) is 33.8. The number of furan rings is 1. The molecule has 2 aliphatic rings. The van der Waals surface area contributed by atoms with Gasteiger partial charge in [0.05, 0.1) is 17.9 Å². The Hall–Kier alpha value is -2.93. The summed E-state index contributed by atoms with van der Waals surface area (Å²) in [5.41, 5.74) is 0.736. The van der Waals surface area contributed by atoms with Crippen molar-refractivity contribution in [2.24, 2.45) is 0 Å². The molecule has 146 valence electrons. The number of pyridine rings is 1. The van der Waals surface area contributed by atoms with Crippen LogP contribution in [-0.4, -0.2) is 57.8 Å². The van der Waals surface area contributed by atoms with E-state index in [-0.39, 0.29) is 11.3 Å². The summed E-state index contributed by atoms with van der Waals surface area (Å²) in [6, 6.07) is 6.03. The number of piperidine rings is 1. The molecule has 0 aliphatic carbocycles. The summed E-state index contributed by atoms with van der Waals surface area (Å²) >= 11 is 0. The Bertz CT molecular complexity index is 870. The number of Topliss-reactive ketones (excluding diaryl/α,β-unsaturated/α-hetero) is 1. The number of hydrogen-bond acceptors (Lipinski definition) is 6. The molecule has 0 aromatic carbocycles. The molecule has 1 fully saturated rings. The van der Waals surface area contributed by atoms with Gasteiger partial charge in [-0.1, -0.05) is 12.5 Å². The Morgan fingerprint density at radius 1 is 1.18 bits per heavy atom. The molecule has 1 amide bonds. The van der Waals surface area contributed by atoms with Crippen molar-refractivity contribution >= 4 is 11.7 Å². The highest BCUT2D eigenvalue weighted by molar-refractivity contribution is 6.14. The molecule has 7 heteroatoms. The van der Waals surface area contributed by atoms with Gasteiger partial charge in [-0.2, -0.15) is 0 Å². The standard InChI is InChI=1S/C21H23N3O4/c25-19(16-7-5-13-28-16)17-18(15-6-4-8-22-14-15)24(21(27)20(17)26)12-11-23-9-2-1-3-10-23/h4-8,13-14,18,26H,1-3,9-12H2. The van der Waals surface area contributed by atoms with Crippen LogP contribution in [0.25, 0.3) is 0 Å². The van der Waals surface area contributed by atoms with E-state index < -0.39 is 23.5 Å². The first-order valence-electron chi connectivity index (χ1n) is 9.61. The van der Waals surface area contributed by atoms with E-state index >= 15 is 0 Å². The Morgan fingerprint density at radius 2 is 2.00 bits per heavy atom. The van der Waals surface area contributed by atoms with Gasteiger partial charge in [0.25, 0.3) is 5.91 Å². The third-order valence-corrected chi connectivity index (χ3v) is 5.40. The molecule has 7 nitrogen and oxygen atoms in total. The molecule has 2 aromatic heterocycles. The van der Waals surface area contributed by atoms with Crippen molar-refractivity contribution in [2.75, 3.05) is 26.2 Å². The summed E-state index contributed by atoms with van der Waals surface area (Å²) in [7, 11) is 0. The highest BCUT2D eigenvalue weighted by Gasteiger charge is 2.44. The second kappa shape index (κ2) is 7.98. The average molecular weight is 381 g/mol. The van der Waals surface area contributed by atoms with Gasteiger partial charge < -0.3 is 19.3 Å². The van der Waals surface area contributed by atoms with Crippen molar-refractivity contribution in [1.82, 2.24) is 14.8 Å². The van der Waals surface area contributed by atoms with E-state index in [4.69, 9.17) is 4.42 Å². The Kier molecular flexibility index (Phi) is 5.25. The molecule has 4 heterocycles. The molecule has 0 saturated carbocycles. The summed E-state index contributed by atoms with van der Waals surface area (Å²) in [6.45, 7) is 3.16. The van der Waals surface area contributed by atoms with E-state index in [9.17, 15) is 14.7 Å². The molecule has 0 spiro atoms. The van der Waals surface area contributed by atoms with Crippen molar-refractivity contribution in [1.29, 1.82) is 0 Å². The van der Waals surface area contributed by atoms with Crippen molar-refractivity contribution < 1.29 is 19.1 Å². The molecule has 28 heavy (non-hydrogen) atoms. The van der Waals surface area contributed by atoms with Gasteiger partial charge in [-0.15, -0.1) is 0 Å². The third kappa shape index (κ3) is 3.45. The fourth-order valence-electron chi connectivity index (χ4n) is 3.97. The Morgan fingerprint density at radius 3 is 2.68 bits per heavy atom. The number of amides is 1. The minimum atomic E-state index is -0.677. The molecule has 2 aliphatic heterocycles. The first-order chi connectivity index (χ1) is 13.7. The van der Waals surface area contributed by atoms with Gasteiger partial charge in [0, 0.05) is 25.5 Å². The number of hydrogen-bond donors (Lipinski definition) is 1. The monoisotopic (exact) mass is 381 g/mol. The topological polar surface area (TPSA) is 86.9 Å². The van der Waals surface area contributed by atoms with Crippen LogP contribution in [0.4, 0.5) is 0 Å². The number of likely N-dealkylation sites (tertiary alicyclic amines) is 1. The number of aliphatic hydroxyl groups is 1. The highest BCUT2D eigenvalue weighted by Crippen LogP contribution is 2.38. The second-order valence-corrected chi connectivity index (χ2v) is 7.16. The molecule has 4 rings (SSSR count). The average Bonchev–Trinajstić information content (AvgIpc) is 3.36. The predicted octanol–water partition coefficient (Wildman–Crippen LogP) is 2.74. The van der Waals surface area contributed by atoms with Crippen LogP contribution in [0.1, 0.15) is 41.4 Å². The van der Waals surface area contributed by atoms with Crippen LogP contribution in [0.5, 0.6) is 0 Å². The third-order valence-electron chi connectivity index (χ3n) is 5.40. The van der Waals surface area contributed by atoms with Crippen LogP contribution in [-0.2, 0) is 4.79 Å². The quantitative estimate of drug-likeness (QED) is 0.775. The maximum Gasteiger partial charge on any atom is 0.290 e. The molecule has 1 N–H and O–H groups in total. The maximum atomic E-state index is 13.0. The fourth-order valence-corrected chi connectivity index (χ4v) is 3.97. The first-order valence-corrected chi connectivity index (χ1v) is 9.61. The second-order valence-electron chi connectivity index (χ2n) is 7.16. The number of carbonyl (C=O) groups is 2. The molecule has 0 bridgehead atoms. The summed E-state index contributed by atoms with van der Waals surface area (Å²) in [6.07, 6.45) is 8.21. The van der Waals surface area contributed by atoms with E-state index in [1.54, 1.807) is 29.4 Å². The lowest BCUT2D eigenvalue weighted by Crippen LogP contribution is -2.40. The van der Waals surface area contributed by atoms with Gasteiger partial charge in [-0.3, -0.25) is 14.6 Å². The van der Waals surface area contributed by atoms with Crippen molar-refractivity contribution in [2.45, 2.75) is 25.3 Å². The predicted molar refractivity (Wildman–Crippen MR) is 102 cm³/mol. The van der Waals surface area contributed by atoms with Crippen LogP contribution < -0.4 is 0 Å². The lowest BCUT2D eigenvalue weighted by Gasteiger charge is -2.31. The lowest BCUT2D eigenvalue weighted by atomic mass is 9.96. The Labute approximate surface area is 163 Å². The van der Waals surface area contributed by atoms with Crippen molar-refractivity contribution in [3.05, 3.63) is 65.6 Å². The van der Waals surface area contributed by atoms with Gasteiger partial charge in [-0.05, 0) is 49.7 Å². The summed E-state index contributed by atoms with van der Waals surface area (Å²) in [5.74, 6) is -1.42. The smallest absolute Gasteiger partial charge is 0.290 e. The molecule has 0 radical (unpaired) electrons. The minimum Gasteiger partial charge on any atom is -0.503 e. The van der Waals surface area contributed by atoms with Gasteiger partial charge in [0.15, 0.2) is 11.5 Å². The van der Waals surface area contributed by atoms with Gasteiger partial charge in [0.1, 0.15) is 0 Å². The van der Waals surface area contributed by atoms with Gasteiger partial charge in [0.2, 0.25) is 5.78 Å². The summed E-state index contributed by atoms with van der Waals surface area (Å²) in [5, 5.41) is 10.6. The zero-order valence-electron chi connectivity index (χ0n) is 15.6. The number of rotatable bonds is 6. The molecule has 1 atom stereocenters. The molecular weight excluding hydrogens is 358 g/mol. The van der Waals surface area contributed by atoms with Crippen LogP contribution in [0, 0.1) is 0 Å². The zero-order chi connectivity index (χ0) is 19.5. The van der Waals surface area contributed by atoms with E-state index in [0.717, 1.165) is 25.9 Å². The Balaban J connectivity index is 1.64. The van der Waals surface area contributed by atoms with Gasteiger partial charge in [-0.25, -0.2) is 0 Å². The molecule has 1 saturated heterocycles. The van der Waals surface area contributed by atoms with Crippen molar-refractivity contribution in [3.8, 4) is 0 Å². The van der Waals surface area contributed by atoms with E-state index in [0.29, 0.717) is 18.7 Å². The summed E-state index contributed by atoms with van der Waals surface area (Å²) < 4.78 is 5.22. The largest absolute Gasteiger partial charge is 0.503 e. The lowest BCUT2D eigenvalue weighted by molar-refractivity contribution is -0.129. The number of carbonyl (C=O) groups excluding carboxylic acids is 2. The number of ketones is 1. The van der Waals surface area contributed by atoms with E-state index in [2.05, 4.69) is 9.88 Å². The minimum absolute atomic E-state index is 0.0478. The zero-order valence-corrected chi connectivity index (χ0v) is 15.6. The normalized spacial score (nSPS) is 20.8. The molecule has 1 unspecified atom stereocenters. The SMILES string of the molecule is O=C(C1=C(O)C(=O)N(CCN2CCCCC2)C1c1cccnc1)c1ccco1. The maximum absolute atomic E-state index is 13.0. The fraction of sp³-hybridized carbons (Fsp3) is 0.381. The van der Waals surface area contributed by atoms with E-state index in [1.807, 2.05) is 6.07 Å². The van der Waals surface area contributed by atoms with E-state index in [1.165, 1.54) is 18.8 Å². The van der Waals surface area contributed by atoms with Crippen LogP contribution >= 0.6 is 0 Å². The number of aromatic nitrogens is 1. The molecular formula is C21H23N3O4. The van der Waals surface area contributed by atoms with Crippen LogP contribution in [0.2, 0.25) is 0 Å². The first kappa shape index (κ1) is 18.4. The van der Waals surface area contributed by atoms with Gasteiger partial charge >= 0.3 is 0 Å². The molecule has 2 aromatic rings. The van der Waals surface area contributed by atoms with Crippen LogP contribution in [0.3, 0.4) is 0 Å².